The van der Waals surface area contributed by atoms with Crippen molar-refractivity contribution in [2.24, 2.45) is 0 Å². The molecule has 0 bridgehead atoms. The van der Waals surface area contributed by atoms with Crippen LogP contribution in [0.1, 0.15) is 24.1 Å². The molecule has 0 saturated carbocycles. The minimum absolute atomic E-state index is 0.176. The second-order valence-corrected chi connectivity index (χ2v) is 5.48. The Balaban J connectivity index is 1.65. The molecular weight excluding hydrogens is 286 g/mol. The van der Waals surface area contributed by atoms with Crippen molar-refractivity contribution < 1.29 is 4.42 Å². The van der Waals surface area contributed by atoms with Crippen LogP contribution >= 0.6 is 0 Å². The first-order valence-corrected chi connectivity index (χ1v) is 7.52. The van der Waals surface area contributed by atoms with Crippen LogP contribution in [0.4, 0.5) is 0 Å². The van der Waals surface area contributed by atoms with Gasteiger partial charge in [-0.2, -0.15) is 0 Å². The lowest BCUT2D eigenvalue weighted by Gasteiger charge is -2.10. The average molecular weight is 301 g/mol. The lowest BCUT2D eigenvalue weighted by atomic mass is 9.99. The second kappa shape index (κ2) is 5.65. The van der Waals surface area contributed by atoms with Crippen molar-refractivity contribution >= 4 is 11.0 Å². The fraction of sp³-hybridized carbons (Fsp3) is 0.105. The number of benzene rings is 1. The van der Waals surface area contributed by atoms with E-state index in [0.717, 1.165) is 28.1 Å². The third kappa shape index (κ3) is 2.59. The van der Waals surface area contributed by atoms with Crippen molar-refractivity contribution in [2.45, 2.75) is 12.8 Å². The third-order valence-corrected chi connectivity index (χ3v) is 4.00. The molecule has 112 valence electrons. The number of rotatable bonds is 3. The molecular formula is C19H15N3O. The molecule has 4 heteroatoms. The van der Waals surface area contributed by atoms with E-state index in [-0.39, 0.29) is 5.92 Å². The number of aromatic nitrogens is 3. The van der Waals surface area contributed by atoms with E-state index in [1.807, 2.05) is 48.7 Å². The second-order valence-electron chi connectivity index (χ2n) is 5.48. The van der Waals surface area contributed by atoms with E-state index in [1.165, 1.54) is 5.56 Å². The molecule has 0 aliphatic heterocycles. The smallest absolute Gasteiger partial charge is 0.155 e. The van der Waals surface area contributed by atoms with E-state index in [4.69, 9.17) is 4.42 Å². The summed E-state index contributed by atoms with van der Waals surface area (Å²) < 4.78 is 5.83. The summed E-state index contributed by atoms with van der Waals surface area (Å²) in [6.07, 6.45) is 7.17. The number of pyridine rings is 1. The molecule has 0 fully saturated rings. The summed E-state index contributed by atoms with van der Waals surface area (Å²) in [5, 5.41) is 1.07. The van der Waals surface area contributed by atoms with Gasteiger partial charge in [-0.15, -0.1) is 0 Å². The summed E-state index contributed by atoms with van der Waals surface area (Å²) in [7, 11) is 0. The predicted molar refractivity (Wildman–Crippen MR) is 89.0 cm³/mol. The maximum absolute atomic E-state index is 5.83. The Morgan fingerprint density at radius 1 is 0.957 bits per heavy atom. The number of hydrogen-bond acceptors (Lipinski definition) is 4. The van der Waals surface area contributed by atoms with E-state index < -0.39 is 0 Å². The molecule has 3 heterocycles. The summed E-state index contributed by atoms with van der Waals surface area (Å²) in [4.78, 5) is 13.1. The van der Waals surface area contributed by atoms with Gasteiger partial charge in [-0.3, -0.25) is 9.97 Å². The third-order valence-electron chi connectivity index (χ3n) is 4.00. The van der Waals surface area contributed by atoms with Crippen LogP contribution in [-0.2, 0) is 0 Å². The lowest BCUT2D eigenvalue weighted by molar-refractivity contribution is 0.627. The molecule has 0 amide bonds. The molecule has 0 radical (unpaired) electrons. The molecule has 0 spiro atoms. The molecule has 1 aromatic carbocycles. The van der Waals surface area contributed by atoms with Crippen LogP contribution < -0.4 is 0 Å². The van der Waals surface area contributed by atoms with Crippen molar-refractivity contribution in [3.05, 3.63) is 78.5 Å². The quantitative estimate of drug-likeness (QED) is 0.561. The van der Waals surface area contributed by atoms with Crippen LogP contribution in [0.15, 0.2) is 71.7 Å². The standard InChI is InChI=1S/C19H15N3O/c1-13(14-6-8-20-9-7-14)16-11-22-17(12-21-16)19-10-15-4-2-3-5-18(15)23-19/h2-13H,1H3. The zero-order valence-electron chi connectivity index (χ0n) is 12.7. The highest BCUT2D eigenvalue weighted by molar-refractivity contribution is 5.81. The van der Waals surface area contributed by atoms with Crippen LogP contribution in [-0.4, -0.2) is 15.0 Å². The first kappa shape index (κ1) is 13.6. The highest BCUT2D eigenvalue weighted by Crippen LogP contribution is 2.27. The van der Waals surface area contributed by atoms with Gasteiger partial charge in [0.05, 0.1) is 11.9 Å². The summed E-state index contributed by atoms with van der Waals surface area (Å²) in [6.45, 7) is 2.11. The van der Waals surface area contributed by atoms with Gasteiger partial charge in [0.15, 0.2) is 5.76 Å². The van der Waals surface area contributed by atoms with Crippen molar-refractivity contribution in [1.29, 1.82) is 0 Å². The topological polar surface area (TPSA) is 51.8 Å². The molecule has 3 aromatic heterocycles. The van der Waals surface area contributed by atoms with Crippen molar-refractivity contribution in [3.8, 4) is 11.5 Å². The van der Waals surface area contributed by atoms with Gasteiger partial charge < -0.3 is 4.42 Å². The summed E-state index contributed by atoms with van der Waals surface area (Å²) in [6, 6.07) is 13.9. The first-order valence-electron chi connectivity index (χ1n) is 7.52. The van der Waals surface area contributed by atoms with Crippen LogP contribution in [0, 0.1) is 0 Å². The fourth-order valence-corrected chi connectivity index (χ4v) is 2.62. The van der Waals surface area contributed by atoms with Gasteiger partial charge in [-0.1, -0.05) is 25.1 Å². The maximum atomic E-state index is 5.83. The SMILES string of the molecule is CC(c1ccncc1)c1cnc(-c2cc3ccccc3o2)cn1. The number of fused-ring (bicyclic) bond motifs is 1. The van der Waals surface area contributed by atoms with Gasteiger partial charge in [-0.25, -0.2) is 4.98 Å². The Hall–Kier alpha value is -3.01. The Bertz CT molecular complexity index is 897. The maximum Gasteiger partial charge on any atom is 0.155 e. The van der Waals surface area contributed by atoms with Crippen LogP contribution in [0.3, 0.4) is 0 Å². The number of nitrogens with zero attached hydrogens (tertiary/aromatic N) is 3. The number of hydrogen-bond donors (Lipinski definition) is 0. The van der Waals surface area contributed by atoms with Crippen LogP contribution in [0.2, 0.25) is 0 Å². The molecule has 4 rings (SSSR count). The molecule has 4 aromatic rings. The minimum Gasteiger partial charge on any atom is -0.454 e. The first-order chi connectivity index (χ1) is 11.3. The van der Waals surface area contributed by atoms with E-state index in [0.29, 0.717) is 0 Å². The predicted octanol–water partition coefficient (Wildman–Crippen LogP) is 4.44. The Labute approximate surface area is 133 Å². The highest BCUT2D eigenvalue weighted by atomic mass is 16.3. The van der Waals surface area contributed by atoms with Crippen molar-refractivity contribution in [2.75, 3.05) is 0 Å². The van der Waals surface area contributed by atoms with Crippen molar-refractivity contribution in [1.82, 2.24) is 15.0 Å². The normalized spacial score (nSPS) is 12.4. The number of furan rings is 1. The molecule has 0 N–H and O–H groups in total. The van der Waals surface area contributed by atoms with Gasteiger partial charge >= 0.3 is 0 Å². The van der Waals surface area contributed by atoms with Crippen molar-refractivity contribution in [3.63, 3.8) is 0 Å². The van der Waals surface area contributed by atoms with Gasteiger partial charge in [0, 0.05) is 29.9 Å². The van der Waals surface area contributed by atoms with Crippen LogP contribution in [0.5, 0.6) is 0 Å². The molecule has 23 heavy (non-hydrogen) atoms. The van der Waals surface area contributed by atoms with Gasteiger partial charge in [0.25, 0.3) is 0 Å². The Morgan fingerprint density at radius 2 is 1.78 bits per heavy atom. The monoisotopic (exact) mass is 301 g/mol. The molecule has 0 aliphatic carbocycles. The van der Waals surface area contributed by atoms with E-state index in [1.54, 1.807) is 18.6 Å². The number of para-hydroxylation sites is 1. The molecule has 1 atom stereocenters. The average Bonchev–Trinajstić information content (AvgIpc) is 3.06. The molecule has 0 saturated heterocycles. The van der Waals surface area contributed by atoms with Gasteiger partial charge in [0.2, 0.25) is 0 Å². The minimum atomic E-state index is 0.176. The molecule has 0 aliphatic rings. The van der Waals surface area contributed by atoms with E-state index in [2.05, 4.69) is 21.9 Å². The Kier molecular flexibility index (Phi) is 3.35. The zero-order valence-corrected chi connectivity index (χ0v) is 12.7. The van der Waals surface area contributed by atoms with Gasteiger partial charge in [0.1, 0.15) is 11.3 Å². The highest BCUT2D eigenvalue weighted by Gasteiger charge is 2.12. The summed E-state index contributed by atoms with van der Waals surface area (Å²) in [5.41, 5.74) is 3.70. The lowest BCUT2D eigenvalue weighted by Crippen LogP contribution is -2.00. The van der Waals surface area contributed by atoms with Crippen LogP contribution in [0.25, 0.3) is 22.4 Å². The van der Waals surface area contributed by atoms with E-state index >= 15 is 0 Å². The zero-order chi connectivity index (χ0) is 15.6. The molecule has 4 nitrogen and oxygen atoms in total. The summed E-state index contributed by atoms with van der Waals surface area (Å²) >= 11 is 0. The summed E-state index contributed by atoms with van der Waals surface area (Å²) in [5.74, 6) is 0.914. The fourth-order valence-electron chi connectivity index (χ4n) is 2.62. The Morgan fingerprint density at radius 3 is 2.52 bits per heavy atom. The van der Waals surface area contributed by atoms with E-state index in [9.17, 15) is 0 Å². The molecule has 1 unspecified atom stereocenters. The van der Waals surface area contributed by atoms with Gasteiger partial charge in [-0.05, 0) is 29.8 Å². The largest absolute Gasteiger partial charge is 0.454 e.